The molecule has 2 aromatic rings. The van der Waals surface area contributed by atoms with Crippen LogP contribution in [0.25, 0.3) is 0 Å². The van der Waals surface area contributed by atoms with E-state index in [4.69, 9.17) is 9.47 Å². The smallest absolute Gasteiger partial charge is 0.286 e. The molecular weight excluding hydrogens is 390 g/mol. The number of anilines is 1. The molecule has 1 fully saturated rings. The van der Waals surface area contributed by atoms with Gasteiger partial charge >= 0.3 is 0 Å². The molecule has 0 aliphatic carbocycles. The van der Waals surface area contributed by atoms with Crippen LogP contribution >= 0.6 is 0 Å². The van der Waals surface area contributed by atoms with E-state index in [0.29, 0.717) is 31.7 Å². The predicted molar refractivity (Wildman–Crippen MR) is 111 cm³/mol. The molecule has 0 bridgehead atoms. The molecule has 2 aromatic carbocycles. The van der Waals surface area contributed by atoms with E-state index in [1.165, 1.54) is 33.3 Å². The highest BCUT2D eigenvalue weighted by Gasteiger charge is 2.30. The summed E-state index contributed by atoms with van der Waals surface area (Å²) in [5.41, 5.74) is 1.26. The lowest BCUT2D eigenvalue weighted by atomic mass is 10.1. The SMILES string of the molecule is COc1cc(C(=O)N2CCN(c3ccc(C(C)=O)cc3)CC2)c([N+](=O)[O-])cc1OC. The minimum atomic E-state index is -0.595. The molecule has 1 aliphatic rings. The Morgan fingerprint density at radius 2 is 1.53 bits per heavy atom. The first-order valence-electron chi connectivity index (χ1n) is 9.41. The minimum Gasteiger partial charge on any atom is -0.493 e. The van der Waals surface area contributed by atoms with E-state index in [0.717, 1.165) is 5.69 Å². The van der Waals surface area contributed by atoms with Gasteiger partial charge in [-0.25, -0.2) is 0 Å². The average molecular weight is 413 g/mol. The van der Waals surface area contributed by atoms with Gasteiger partial charge in [-0.2, -0.15) is 0 Å². The van der Waals surface area contributed by atoms with E-state index in [-0.39, 0.29) is 28.5 Å². The molecule has 9 heteroatoms. The highest BCUT2D eigenvalue weighted by atomic mass is 16.6. The zero-order valence-corrected chi connectivity index (χ0v) is 17.1. The van der Waals surface area contributed by atoms with Crippen molar-refractivity contribution in [1.29, 1.82) is 0 Å². The first-order valence-corrected chi connectivity index (χ1v) is 9.41. The van der Waals surface area contributed by atoms with Crippen LogP contribution in [0.15, 0.2) is 36.4 Å². The van der Waals surface area contributed by atoms with Crippen LogP contribution in [0.2, 0.25) is 0 Å². The standard InChI is InChI=1S/C21H23N3O6/c1-14(25)15-4-6-16(7-5-15)22-8-10-23(11-9-22)21(26)17-12-19(29-2)20(30-3)13-18(17)24(27)28/h4-7,12-13H,8-11H2,1-3H3. The monoisotopic (exact) mass is 413 g/mol. The van der Waals surface area contributed by atoms with Gasteiger partial charge in [0, 0.05) is 43.5 Å². The van der Waals surface area contributed by atoms with Crippen LogP contribution in [-0.4, -0.2) is 61.9 Å². The van der Waals surface area contributed by atoms with E-state index in [1.54, 1.807) is 17.0 Å². The number of nitrogens with zero attached hydrogens (tertiary/aromatic N) is 3. The van der Waals surface area contributed by atoms with Crippen molar-refractivity contribution >= 4 is 23.1 Å². The van der Waals surface area contributed by atoms with Gasteiger partial charge in [-0.15, -0.1) is 0 Å². The zero-order valence-electron chi connectivity index (χ0n) is 17.1. The quantitative estimate of drug-likeness (QED) is 0.408. The van der Waals surface area contributed by atoms with E-state index < -0.39 is 10.8 Å². The first kappa shape index (κ1) is 21.1. The molecule has 3 rings (SSSR count). The summed E-state index contributed by atoms with van der Waals surface area (Å²) in [6.45, 7) is 3.50. The molecule has 30 heavy (non-hydrogen) atoms. The molecule has 0 radical (unpaired) electrons. The van der Waals surface area contributed by atoms with Gasteiger partial charge in [0.1, 0.15) is 5.56 Å². The largest absolute Gasteiger partial charge is 0.493 e. The van der Waals surface area contributed by atoms with Crippen LogP contribution in [0.5, 0.6) is 11.5 Å². The number of hydrogen-bond acceptors (Lipinski definition) is 7. The van der Waals surface area contributed by atoms with Crippen molar-refractivity contribution in [3.63, 3.8) is 0 Å². The fourth-order valence-corrected chi connectivity index (χ4v) is 3.44. The predicted octanol–water partition coefficient (Wildman–Crippen LogP) is 2.78. The van der Waals surface area contributed by atoms with Crippen molar-refractivity contribution in [2.45, 2.75) is 6.92 Å². The molecule has 1 aliphatic heterocycles. The fourth-order valence-electron chi connectivity index (χ4n) is 3.44. The zero-order chi connectivity index (χ0) is 21.8. The maximum atomic E-state index is 13.0. The van der Waals surface area contributed by atoms with E-state index in [2.05, 4.69) is 4.90 Å². The number of carbonyl (C=O) groups is 2. The van der Waals surface area contributed by atoms with Crippen molar-refractivity contribution in [2.75, 3.05) is 45.3 Å². The normalized spacial score (nSPS) is 13.7. The molecule has 1 saturated heterocycles. The van der Waals surface area contributed by atoms with Crippen molar-refractivity contribution < 1.29 is 24.0 Å². The molecule has 0 atom stereocenters. The first-order chi connectivity index (χ1) is 14.3. The van der Waals surface area contributed by atoms with Crippen molar-refractivity contribution in [2.24, 2.45) is 0 Å². The number of hydrogen-bond donors (Lipinski definition) is 0. The Hall–Kier alpha value is -3.62. The number of amides is 1. The second kappa shape index (κ2) is 8.81. The molecule has 0 spiro atoms. The summed E-state index contributed by atoms with van der Waals surface area (Å²) >= 11 is 0. The van der Waals surface area contributed by atoms with E-state index in [9.17, 15) is 19.7 Å². The van der Waals surface area contributed by atoms with Crippen molar-refractivity contribution in [1.82, 2.24) is 4.90 Å². The Morgan fingerprint density at radius 3 is 2.03 bits per heavy atom. The Bertz CT molecular complexity index is 965. The number of ether oxygens (including phenoxy) is 2. The summed E-state index contributed by atoms with van der Waals surface area (Å²) in [5.74, 6) is 0.0398. The molecule has 9 nitrogen and oxygen atoms in total. The Morgan fingerprint density at radius 1 is 0.967 bits per heavy atom. The van der Waals surface area contributed by atoms with Crippen molar-refractivity contribution in [3.05, 3.63) is 57.6 Å². The lowest BCUT2D eigenvalue weighted by molar-refractivity contribution is -0.385. The average Bonchev–Trinajstić information content (AvgIpc) is 2.77. The Balaban J connectivity index is 1.76. The van der Waals surface area contributed by atoms with E-state index in [1.807, 2.05) is 12.1 Å². The van der Waals surface area contributed by atoms with Crippen LogP contribution in [-0.2, 0) is 0 Å². The maximum absolute atomic E-state index is 13.0. The number of nitro benzene ring substituents is 1. The molecule has 0 saturated carbocycles. The van der Waals surface area contributed by atoms with Gasteiger partial charge in [-0.1, -0.05) is 0 Å². The molecule has 1 heterocycles. The van der Waals surface area contributed by atoms with Gasteiger partial charge in [0.25, 0.3) is 11.6 Å². The Labute approximate surface area is 173 Å². The summed E-state index contributed by atoms with van der Waals surface area (Å²) in [7, 11) is 2.79. The summed E-state index contributed by atoms with van der Waals surface area (Å²) in [5, 5.41) is 11.5. The summed E-state index contributed by atoms with van der Waals surface area (Å²) in [6, 6.07) is 9.89. The van der Waals surface area contributed by atoms with Gasteiger partial charge in [-0.05, 0) is 31.2 Å². The van der Waals surface area contributed by atoms with Crippen LogP contribution in [0.3, 0.4) is 0 Å². The Kier molecular flexibility index (Phi) is 6.20. The summed E-state index contributed by atoms with van der Waals surface area (Å²) in [4.78, 5) is 39.0. The highest BCUT2D eigenvalue weighted by molar-refractivity contribution is 5.99. The number of benzene rings is 2. The third kappa shape index (κ3) is 4.19. The number of piperazine rings is 1. The second-order valence-corrected chi connectivity index (χ2v) is 6.86. The minimum absolute atomic E-state index is 0.00785. The number of nitro groups is 1. The third-order valence-electron chi connectivity index (χ3n) is 5.13. The van der Waals surface area contributed by atoms with Gasteiger partial charge in [0.2, 0.25) is 0 Å². The van der Waals surface area contributed by atoms with E-state index >= 15 is 0 Å². The topological polar surface area (TPSA) is 102 Å². The molecule has 0 aromatic heterocycles. The number of Topliss-reactive ketones (excluding diaryl/α,β-unsaturated/α-hetero) is 1. The number of ketones is 1. The fraction of sp³-hybridized carbons (Fsp3) is 0.333. The molecular formula is C21H23N3O6. The lowest BCUT2D eigenvalue weighted by Crippen LogP contribution is -2.48. The molecule has 158 valence electrons. The number of rotatable bonds is 6. The summed E-state index contributed by atoms with van der Waals surface area (Å²) in [6.07, 6.45) is 0. The number of carbonyl (C=O) groups excluding carboxylic acids is 2. The second-order valence-electron chi connectivity index (χ2n) is 6.86. The van der Waals surface area contributed by atoms with Gasteiger partial charge in [-0.3, -0.25) is 19.7 Å². The third-order valence-corrected chi connectivity index (χ3v) is 5.13. The maximum Gasteiger partial charge on any atom is 0.286 e. The van der Waals surface area contributed by atoms with Gasteiger partial charge in [0.05, 0.1) is 25.2 Å². The van der Waals surface area contributed by atoms with Crippen LogP contribution in [0, 0.1) is 10.1 Å². The van der Waals surface area contributed by atoms with Crippen LogP contribution < -0.4 is 14.4 Å². The van der Waals surface area contributed by atoms with Crippen molar-refractivity contribution in [3.8, 4) is 11.5 Å². The van der Waals surface area contributed by atoms with Gasteiger partial charge < -0.3 is 19.3 Å². The lowest BCUT2D eigenvalue weighted by Gasteiger charge is -2.36. The van der Waals surface area contributed by atoms with Crippen LogP contribution in [0.1, 0.15) is 27.6 Å². The summed E-state index contributed by atoms with van der Waals surface area (Å²) < 4.78 is 10.3. The molecule has 1 amide bonds. The highest BCUT2D eigenvalue weighted by Crippen LogP contribution is 2.35. The number of methoxy groups -OCH3 is 2. The molecule has 0 unspecified atom stereocenters. The molecule has 0 N–H and O–H groups in total. The van der Waals surface area contributed by atoms with Crippen LogP contribution in [0.4, 0.5) is 11.4 Å². The van der Waals surface area contributed by atoms with Gasteiger partial charge in [0.15, 0.2) is 17.3 Å².